The van der Waals surface area contributed by atoms with E-state index in [1.165, 1.54) is 12.8 Å². The Morgan fingerprint density at radius 1 is 0.737 bits per heavy atom. The molecule has 0 aromatic rings. The van der Waals surface area contributed by atoms with E-state index in [1.807, 2.05) is 0 Å². The van der Waals surface area contributed by atoms with Crippen molar-refractivity contribution in [2.24, 2.45) is 0 Å². The second kappa shape index (κ2) is 13.2. The lowest BCUT2D eigenvalue weighted by atomic mass is 10.2. The van der Waals surface area contributed by atoms with Crippen molar-refractivity contribution in [2.75, 3.05) is 0 Å². The van der Waals surface area contributed by atoms with Crippen molar-refractivity contribution in [3.8, 4) is 0 Å². The van der Waals surface area contributed by atoms with Crippen LogP contribution in [0.1, 0.15) is 66.2 Å². The van der Waals surface area contributed by atoms with Crippen LogP contribution in [0.3, 0.4) is 0 Å². The van der Waals surface area contributed by atoms with Crippen LogP contribution in [-0.2, 0) is 4.74 Å². The van der Waals surface area contributed by atoms with E-state index in [9.17, 15) is 0 Å². The standard InChI is InChI=1S/C18H30O/c1-5-9-11-13-15-17(7-3)19-18(8-4)16-14-12-10-6-2/h11-16H,5-10H2,1-4H3. The Labute approximate surface area is 119 Å². The molecule has 0 N–H and O–H groups in total. The van der Waals surface area contributed by atoms with Gasteiger partial charge in [0.1, 0.15) is 11.5 Å². The molecule has 0 spiro atoms. The lowest BCUT2D eigenvalue weighted by Gasteiger charge is -2.09. The maximum Gasteiger partial charge on any atom is 0.103 e. The Morgan fingerprint density at radius 3 is 1.47 bits per heavy atom. The molecule has 0 rings (SSSR count). The largest absolute Gasteiger partial charge is 0.466 e. The summed E-state index contributed by atoms with van der Waals surface area (Å²) in [6.07, 6.45) is 19.2. The Bertz CT molecular complexity index is 287. The van der Waals surface area contributed by atoms with Gasteiger partial charge in [-0.1, -0.05) is 64.8 Å². The molecular formula is C18H30O. The van der Waals surface area contributed by atoms with E-state index in [0.29, 0.717) is 0 Å². The summed E-state index contributed by atoms with van der Waals surface area (Å²) in [6.45, 7) is 8.62. The van der Waals surface area contributed by atoms with Gasteiger partial charge in [-0.05, 0) is 25.0 Å². The van der Waals surface area contributed by atoms with Crippen LogP contribution in [0.2, 0.25) is 0 Å². The summed E-state index contributed by atoms with van der Waals surface area (Å²) in [7, 11) is 0. The van der Waals surface area contributed by atoms with Crippen LogP contribution in [0.5, 0.6) is 0 Å². The Hall–Kier alpha value is -1.24. The molecule has 0 heterocycles. The lowest BCUT2D eigenvalue weighted by Crippen LogP contribution is -1.91. The van der Waals surface area contributed by atoms with Crippen LogP contribution >= 0.6 is 0 Å². The summed E-state index contributed by atoms with van der Waals surface area (Å²) in [6, 6.07) is 0. The maximum absolute atomic E-state index is 5.93. The van der Waals surface area contributed by atoms with Crippen LogP contribution in [-0.4, -0.2) is 0 Å². The van der Waals surface area contributed by atoms with Gasteiger partial charge in [-0.15, -0.1) is 0 Å². The predicted octanol–water partition coefficient (Wildman–Crippen LogP) is 6.30. The Morgan fingerprint density at radius 2 is 1.16 bits per heavy atom. The van der Waals surface area contributed by atoms with Gasteiger partial charge in [0, 0.05) is 12.8 Å². The first-order valence-electron chi connectivity index (χ1n) is 7.67. The van der Waals surface area contributed by atoms with Crippen molar-refractivity contribution >= 4 is 0 Å². The molecule has 0 aliphatic heterocycles. The van der Waals surface area contributed by atoms with Crippen molar-refractivity contribution in [3.63, 3.8) is 0 Å². The van der Waals surface area contributed by atoms with E-state index in [1.54, 1.807) is 0 Å². The number of hydrogen-bond acceptors (Lipinski definition) is 1. The molecule has 0 unspecified atom stereocenters. The molecule has 0 aromatic heterocycles. The van der Waals surface area contributed by atoms with Crippen LogP contribution in [0.25, 0.3) is 0 Å². The molecule has 108 valence electrons. The fourth-order valence-corrected chi connectivity index (χ4v) is 1.49. The van der Waals surface area contributed by atoms with Crippen molar-refractivity contribution in [3.05, 3.63) is 48.0 Å². The molecular weight excluding hydrogens is 232 g/mol. The topological polar surface area (TPSA) is 9.23 Å². The van der Waals surface area contributed by atoms with Crippen LogP contribution in [0, 0.1) is 0 Å². The highest BCUT2D eigenvalue weighted by Gasteiger charge is 1.98. The highest BCUT2D eigenvalue weighted by molar-refractivity contribution is 5.13. The summed E-state index contributed by atoms with van der Waals surface area (Å²) in [5, 5.41) is 0. The minimum Gasteiger partial charge on any atom is -0.466 e. The van der Waals surface area contributed by atoms with Gasteiger partial charge in [0.25, 0.3) is 0 Å². The number of rotatable bonds is 10. The van der Waals surface area contributed by atoms with Crippen molar-refractivity contribution in [2.45, 2.75) is 66.2 Å². The summed E-state index contributed by atoms with van der Waals surface area (Å²) in [4.78, 5) is 0. The van der Waals surface area contributed by atoms with E-state index in [2.05, 4.69) is 64.2 Å². The van der Waals surface area contributed by atoms with E-state index in [4.69, 9.17) is 4.74 Å². The van der Waals surface area contributed by atoms with Gasteiger partial charge in [0.05, 0.1) is 0 Å². The summed E-state index contributed by atoms with van der Waals surface area (Å²) in [5.74, 6) is 2.06. The third-order valence-electron chi connectivity index (χ3n) is 2.71. The van der Waals surface area contributed by atoms with E-state index in [-0.39, 0.29) is 0 Å². The molecule has 0 saturated heterocycles. The second-order valence-electron chi connectivity index (χ2n) is 4.51. The zero-order chi connectivity index (χ0) is 14.3. The van der Waals surface area contributed by atoms with E-state index < -0.39 is 0 Å². The van der Waals surface area contributed by atoms with Gasteiger partial charge in [-0.3, -0.25) is 0 Å². The molecule has 1 heteroatoms. The van der Waals surface area contributed by atoms with Gasteiger partial charge in [0.15, 0.2) is 0 Å². The van der Waals surface area contributed by atoms with Gasteiger partial charge in [0.2, 0.25) is 0 Å². The van der Waals surface area contributed by atoms with Crippen molar-refractivity contribution in [1.82, 2.24) is 0 Å². The lowest BCUT2D eigenvalue weighted by molar-refractivity contribution is 0.283. The Balaban J connectivity index is 4.46. The second-order valence-corrected chi connectivity index (χ2v) is 4.51. The van der Waals surface area contributed by atoms with Gasteiger partial charge >= 0.3 is 0 Å². The summed E-state index contributed by atoms with van der Waals surface area (Å²) in [5.41, 5.74) is 0. The molecule has 19 heavy (non-hydrogen) atoms. The average Bonchev–Trinajstić information content (AvgIpc) is 2.44. The first-order valence-corrected chi connectivity index (χ1v) is 7.67. The van der Waals surface area contributed by atoms with E-state index >= 15 is 0 Å². The molecule has 0 bridgehead atoms. The Kier molecular flexibility index (Phi) is 12.3. The first kappa shape index (κ1) is 17.8. The van der Waals surface area contributed by atoms with Crippen LogP contribution in [0.4, 0.5) is 0 Å². The van der Waals surface area contributed by atoms with Gasteiger partial charge in [-0.25, -0.2) is 0 Å². The minimum absolute atomic E-state index is 0.923. The monoisotopic (exact) mass is 262 g/mol. The first-order chi connectivity index (χ1) is 9.28. The summed E-state index contributed by atoms with van der Waals surface area (Å²) < 4.78 is 5.93. The fraction of sp³-hybridized carbons (Fsp3) is 0.556. The zero-order valence-corrected chi connectivity index (χ0v) is 13.1. The number of ether oxygens (including phenoxy) is 1. The molecule has 0 amide bonds. The SMILES string of the molecule is CCCC=CC=C(CC)OC(=CC=CCCC)CC. The van der Waals surface area contributed by atoms with E-state index in [0.717, 1.165) is 37.2 Å². The highest BCUT2D eigenvalue weighted by Crippen LogP contribution is 2.13. The third kappa shape index (κ3) is 10.4. The van der Waals surface area contributed by atoms with Crippen LogP contribution in [0.15, 0.2) is 48.0 Å². The molecule has 0 aliphatic carbocycles. The normalized spacial score (nSPS) is 13.7. The highest BCUT2D eigenvalue weighted by atomic mass is 16.5. The van der Waals surface area contributed by atoms with Crippen molar-refractivity contribution < 1.29 is 4.74 Å². The zero-order valence-electron chi connectivity index (χ0n) is 13.1. The molecule has 0 aromatic carbocycles. The average molecular weight is 262 g/mol. The molecule has 1 nitrogen and oxygen atoms in total. The molecule has 0 fully saturated rings. The minimum atomic E-state index is 0.923. The van der Waals surface area contributed by atoms with Crippen LogP contribution < -0.4 is 0 Å². The van der Waals surface area contributed by atoms with Gasteiger partial charge in [-0.2, -0.15) is 0 Å². The smallest absolute Gasteiger partial charge is 0.103 e. The maximum atomic E-state index is 5.93. The molecule has 0 saturated carbocycles. The molecule has 0 radical (unpaired) electrons. The quantitative estimate of drug-likeness (QED) is 0.331. The molecule has 0 aliphatic rings. The number of hydrogen-bond donors (Lipinski definition) is 0. The fourth-order valence-electron chi connectivity index (χ4n) is 1.49. The van der Waals surface area contributed by atoms with Crippen molar-refractivity contribution in [1.29, 1.82) is 0 Å². The number of unbranched alkanes of at least 4 members (excludes halogenated alkanes) is 2. The predicted molar refractivity (Wildman–Crippen MR) is 85.9 cm³/mol. The summed E-state index contributed by atoms with van der Waals surface area (Å²) >= 11 is 0. The number of allylic oxidation sites excluding steroid dienone is 8. The van der Waals surface area contributed by atoms with Gasteiger partial charge < -0.3 is 4.74 Å². The molecule has 0 atom stereocenters. The third-order valence-corrected chi connectivity index (χ3v) is 2.71.